The molecule has 0 spiro atoms. The highest BCUT2D eigenvalue weighted by Crippen LogP contribution is 2.26. The molecule has 0 bridgehead atoms. The average molecular weight is 289 g/mol. The van der Waals surface area contributed by atoms with Gasteiger partial charge in [-0.2, -0.15) is 4.98 Å². The molecule has 0 fully saturated rings. The number of hydrogen-bond acceptors (Lipinski definition) is 5. The lowest BCUT2D eigenvalue weighted by Gasteiger charge is -2.25. The Morgan fingerprint density at radius 2 is 2.05 bits per heavy atom. The van der Waals surface area contributed by atoms with E-state index in [0.29, 0.717) is 11.5 Å². The molecule has 0 radical (unpaired) electrons. The van der Waals surface area contributed by atoms with Gasteiger partial charge in [-0.15, -0.1) is 0 Å². The number of aliphatic hydroxyl groups excluding tert-OH is 1. The van der Waals surface area contributed by atoms with Crippen LogP contribution in [0.2, 0.25) is 0 Å². The van der Waals surface area contributed by atoms with Crippen molar-refractivity contribution in [3.05, 3.63) is 12.1 Å². The third-order valence-corrected chi connectivity index (χ3v) is 2.33. The third-order valence-electron chi connectivity index (χ3n) is 2.33. The maximum Gasteiger partial charge on any atom is 0.255 e. The largest absolute Gasteiger partial charge is 0.470 e. The molecule has 0 aliphatic rings. The van der Waals surface area contributed by atoms with Crippen molar-refractivity contribution in [1.82, 2.24) is 4.98 Å². The minimum Gasteiger partial charge on any atom is -0.470 e. The minimum atomic E-state index is -2.52. The van der Waals surface area contributed by atoms with Crippen LogP contribution in [0.1, 0.15) is 20.8 Å². The summed E-state index contributed by atoms with van der Waals surface area (Å²) in [4.78, 5) is 5.46. The minimum absolute atomic E-state index is 0.0657. The predicted molar refractivity (Wildman–Crippen MR) is 74.3 cm³/mol. The Morgan fingerprint density at radius 3 is 2.55 bits per heavy atom. The van der Waals surface area contributed by atoms with E-state index in [9.17, 15) is 8.78 Å². The highest BCUT2D eigenvalue weighted by molar-refractivity contribution is 5.54. The molecule has 0 aliphatic carbocycles. The first-order chi connectivity index (χ1) is 9.23. The highest BCUT2D eigenvalue weighted by atomic mass is 19.3. The lowest BCUT2D eigenvalue weighted by Crippen LogP contribution is -2.32. The summed E-state index contributed by atoms with van der Waals surface area (Å²) >= 11 is 0. The van der Waals surface area contributed by atoms with E-state index in [-0.39, 0.29) is 19.0 Å². The lowest BCUT2D eigenvalue weighted by atomic mass is 10.2. The smallest absolute Gasteiger partial charge is 0.255 e. The van der Waals surface area contributed by atoms with Gasteiger partial charge in [-0.1, -0.05) is 0 Å². The maximum absolute atomic E-state index is 12.5. The number of nitrogens with two attached hydrogens (primary N) is 1. The molecule has 0 saturated carbocycles. The van der Waals surface area contributed by atoms with E-state index < -0.39 is 18.6 Å². The summed E-state index contributed by atoms with van der Waals surface area (Å²) < 4.78 is 30.7. The molecular weight excluding hydrogens is 268 g/mol. The molecule has 1 aromatic rings. The van der Waals surface area contributed by atoms with Crippen LogP contribution in [-0.2, 0) is 0 Å². The predicted octanol–water partition coefficient (Wildman–Crippen LogP) is 1.90. The molecule has 0 unspecified atom stereocenters. The normalized spacial score (nSPS) is 11.8. The average Bonchev–Trinajstić information content (AvgIpc) is 2.29. The van der Waals surface area contributed by atoms with Gasteiger partial charge in [0.15, 0.2) is 0 Å². The van der Waals surface area contributed by atoms with Crippen molar-refractivity contribution in [3.8, 4) is 5.88 Å². The van der Waals surface area contributed by atoms with E-state index in [0.717, 1.165) is 0 Å². The number of ether oxygens (including phenoxy) is 1. The van der Waals surface area contributed by atoms with Crippen molar-refractivity contribution >= 4 is 11.5 Å². The molecule has 1 aromatic heterocycles. The number of halogens is 2. The fraction of sp³-hybridized carbons (Fsp3) is 0.615. The number of nitrogens with zero attached hydrogens (tertiary/aromatic N) is 2. The van der Waals surface area contributed by atoms with Crippen molar-refractivity contribution in [2.45, 2.75) is 32.8 Å². The van der Waals surface area contributed by atoms with Crippen LogP contribution in [0, 0.1) is 0 Å². The number of pyridine rings is 1. The molecule has 114 valence electrons. The number of aromatic nitrogens is 1. The van der Waals surface area contributed by atoms with Gasteiger partial charge in [0.2, 0.25) is 5.88 Å². The Hall–Kier alpha value is -1.63. The molecule has 0 amide bonds. The van der Waals surface area contributed by atoms with Crippen molar-refractivity contribution < 1.29 is 18.6 Å². The molecule has 3 N–H and O–H groups in total. The van der Waals surface area contributed by atoms with Crippen LogP contribution in [0.3, 0.4) is 0 Å². The van der Waals surface area contributed by atoms with E-state index >= 15 is 0 Å². The van der Waals surface area contributed by atoms with Crippen molar-refractivity contribution in [2.24, 2.45) is 0 Å². The Balaban J connectivity index is 3.01. The number of hydrogen-bond donors (Lipinski definition) is 2. The zero-order chi connectivity index (χ0) is 15.3. The molecule has 1 heterocycles. The van der Waals surface area contributed by atoms with Gasteiger partial charge in [0.05, 0.1) is 18.8 Å². The highest BCUT2D eigenvalue weighted by Gasteiger charge is 2.18. The van der Waals surface area contributed by atoms with E-state index in [2.05, 4.69) is 4.98 Å². The number of anilines is 2. The van der Waals surface area contributed by atoms with E-state index in [1.54, 1.807) is 6.07 Å². The maximum atomic E-state index is 12.5. The molecular formula is C13H21F2N3O2. The van der Waals surface area contributed by atoms with Gasteiger partial charge < -0.3 is 20.5 Å². The van der Waals surface area contributed by atoms with Crippen LogP contribution in [0.5, 0.6) is 5.88 Å². The Bertz CT molecular complexity index is 436. The summed E-state index contributed by atoms with van der Waals surface area (Å²) in [7, 11) is 0. The molecule has 1 rings (SSSR count). The fourth-order valence-electron chi connectivity index (χ4n) is 1.58. The van der Waals surface area contributed by atoms with E-state index in [1.807, 2.05) is 20.8 Å². The number of rotatable bonds is 6. The first-order valence-corrected chi connectivity index (χ1v) is 6.32. The Kier molecular flexibility index (Phi) is 5.50. The zero-order valence-corrected chi connectivity index (χ0v) is 11.9. The van der Waals surface area contributed by atoms with Crippen LogP contribution in [-0.4, -0.2) is 41.8 Å². The van der Waals surface area contributed by atoms with Crippen LogP contribution >= 0.6 is 0 Å². The van der Waals surface area contributed by atoms with Crippen molar-refractivity contribution in [2.75, 3.05) is 30.3 Å². The molecule has 20 heavy (non-hydrogen) atoms. The van der Waals surface area contributed by atoms with E-state index in [1.165, 1.54) is 11.0 Å². The van der Waals surface area contributed by atoms with Gasteiger partial charge in [-0.3, -0.25) is 0 Å². The molecule has 7 heteroatoms. The van der Waals surface area contributed by atoms with Crippen LogP contribution in [0.25, 0.3) is 0 Å². The van der Waals surface area contributed by atoms with Gasteiger partial charge in [0.25, 0.3) is 6.43 Å². The third kappa shape index (κ3) is 5.16. The van der Waals surface area contributed by atoms with Gasteiger partial charge in [-0.25, -0.2) is 8.78 Å². The number of aliphatic hydroxyl groups is 1. The topological polar surface area (TPSA) is 71.6 Å². The van der Waals surface area contributed by atoms with Crippen LogP contribution in [0.15, 0.2) is 12.1 Å². The van der Waals surface area contributed by atoms with Gasteiger partial charge in [-0.05, 0) is 32.9 Å². The SMILES string of the molecule is CC(C)(C)Oc1nc(N(CCO)CC(F)F)ccc1N. The summed E-state index contributed by atoms with van der Waals surface area (Å²) in [6.45, 7) is 4.83. The second-order valence-electron chi connectivity index (χ2n) is 5.34. The molecule has 0 aromatic carbocycles. The van der Waals surface area contributed by atoms with E-state index in [4.69, 9.17) is 15.6 Å². The zero-order valence-electron chi connectivity index (χ0n) is 11.9. The summed E-state index contributed by atoms with van der Waals surface area (Å²) in [6.07, 6.45) is -2.52. The van der Waals surface area contributed by atoms with Crippen molar-refractivity contribution in [1.29, 1.82) is 0 Å². The Labute approximate surface area is 117 Å². The Morgan fingerprint density at radius 1 is 1.40 bits per heavy atom. The molecule has 5 nitrogen and oxygen atoms in total. The van der Waals surface area contributed by atoms with Gasteiger partial charge >= 0.3 is 0 Å². The van der Waals surface area contributed by atoms with Crippen LogP contribution in [0.4, 0.5) is 20.3 Å². The molecule has 0 saturated heterocycles. The molecule has 0 atom stereocenters. The first-order valence-electron chi connectivity index (χ1n) is 6.32. The summed E-state index contributed by atoms with van der Waals surface area (Å²) in [5.74, 6) is 0.500. The fourth-order valence-corrected chi connectivity index (χ4v) is 1.58. The summed E-state index contributed by atoms with van der Waals surface area (Å²) in [5.41, 5.74) is 5.61. The number of alkyl halides is 2. The monoisotopic (exact) mass is 289 g/mol. The number of nitrogen functional groups attached to an aromatic ring is 1. The second kappa shape index (κ2) is 6.69. The first kappa shape index (κ1) is 16.4. The van der Waals surface area contributed by atoms with Crippen molar-refractivity contribution in [3.63, 3.8) is 0 Å². The summed E-state index contributed by atoms with van der Waals surface area (Å²) in [6, 6.07) is 3.09. The lowest BCUT2D eigenvalue weighted by molar-refractivity contribution is 0.125. The summed E-state index contributed by atoms with van der Waals surface area (Å²) in [5, 5.41) is 8.95. The van der Waals surface area contributed by atoms with Crippen LogP contribution < -0.4 is 15.4 Å². The van der Waals surface area contributed by atoms with Gasteiger partial charge in [0.1, 0.15) is 11.4 Å². The van der Waals surface area contributed by atoms with Gasteiger partial charge in [0, 0.05) is 6.54 Å². The second-order valence-corrected chi connectivity index (χ2v) is 5.34. The quantitative estimate of drug-likeness (QED) is 0.837. The molecule has 0 aliphatic heterocycles. The standard InChI is InChI=1S/C13H21F2N3O2/c1-13(2,3)20-12-9(16)4-5-11(17-12)18(6-7-19)8-10(14)15/h4-5,10,19H,6-8,16H2,1-3H3.